The highest BCUT2D eigenvalue weighted by atomic mass is 15.3. The molecule has 21 heavy (non-hydrogen) atoms. The summed E-state index contributed by atoms with van der Waals surface area (Å²) < 4.78 is 0. The molecule has 0 spiro atoms. The Labute approximate surface area is 127 Å². The maximum Gasteiger partial charge on any atom is 0.0510 e. The number of H-pyrrole nitrogens is 1. The summed E-state index contributed by atoms with van der Waals surface area (Å²) in [5.41, 5.74) is 4.13. The quantitative estimate of drug-likeness (QED) is 0.922. The topological polar surface area (TPSA) is 22.3 Å². The molecule has 3 heteroatoms. The van der Waals surface area contributed by atoms with Crippen LogP contribution in [0.2, 0.25) is 0 Å². The van der Waals surface area contributed by atoms with E-state index in [9.17, 15) is 0 Å². The van der Waals surface area contributed by atoms with Crippen LogP contribution in [0.3, 0.4) is 0 Å². The van der Waals surface area contributed by atoms with Crippen LogP contribution in [-0.4, -0.2) is 42.6 Å². The van der Waals surface area contributed by atoms with Gasteiger partial charge in [-0.3, -0.25) is 4.90 Å². The van der Waals surface area contributed by atoms with E-state index in [1.807, 2.05) is 0 Å². The third kappa shape index (κ3) is 2.80. The number of anilines is 1. The minimum atomic E-state index is 0.557. The van der Waals surface area contributed by atoms with Gasteiger partial charge in [-0.15, -0.1) is 0 Å². The number of rotatable bonds is 4. The van der Waals surface area contributed by atoms with Crippen molar-refractivity contribution >= 4 is 16.6 Å². The first kappa shape index (κ1) is 14.5. The van der Waals surface area contributed by atoms with Crippen LogP contribution in [0, 0.1) is 0 Å². The summed E-state index contributed by atoms with van der Waals surface area (Å²) >= 11 is 0. The summed E-state index contributed by atoms with van der Waals surface area (Å²) in [6.45, 7) is 12.7. The molecule has 1 fully saturated rings. The fourth-order valence-electron chi connectivity index (χ4n) is 3.45. The summed E-state index contributed by atoms with van der Waals surface area (Å²) in [5.74, 6) is 0.557. The van der Waals surface area contributed by atoms with E-state index in [2.05, 4.69) is 60.0 Å². The van der Waals surface area contributed by atoms with E-state index in [0.29, 0.717) is 5.92 Å². The highest BCUT2D eigenvalue weighted by Crippen LogP contribution is 2.32. The van der Waals surface area contributed by atoms with E-state index in [4.69, 9.17) is 0 Å². The third-order valence-corrected chi connectivity index (χ3v) is 4.61. The SMILES string of the molecule is CCCN1CCN(c2ccc(C(C)C)c3[nH]ccc23)CC1. The molecule has 1 saturated heterocycles. The van der Waals surface area contributed by atoms with Gasteiger partial charge in [0.05, 0.1) is 5.52 Å². The van der Waals surface area contributed by atoms with E-state index < -0.39 is 0 Å². The number of hydrogen-bond donors (Lipinski definition) is 1. The van der Waals surface area contributed by atoms with Gasteiger partial charge < -0.3 is 9.88 Å². The first-order valence-corrected chi connectivity index (χ1v) is 8.28. The van der Waals surface area contributed by atoms with Crippen molar-refractivity contribution in [1.82, 2.24) is 9.88 Å². The molecule has 2 aromatic rings. The van der Waals surface area contributed by atoms with Crippen molar-refractivity contribution in [3.63, 3.8) is 0 Å². The van der Waals surface area contributed by atoms with Crippen molar-refractivity contribution in [3.8, 4) is 0 Å². The van der Waals surface area contributed by atoms with Gasteiger partial charge in [0, 0.05) is 43.4 Å². The average Bonchev–Trinajstić information content (AvgIpc) is 2.96. The molecule has 1 aromatic heterocycles. The normalized spacial score (nSPS) is 17.0. The number of benzene rings is 1. The number of aromatic amines is 1. The summed E-state index contributed by atoms with van der Waals surface area (Å²) in [5, 5.41) is 1.38. The maximum absolute atomic E-state index is 3.44. The Bertz CT molecular complexity index is 592. The van der Waals surface area contributed by atoms with Crippen LogP contribution in [-0.2, 0) is 0 Å². The van der Waals surface area contributed by atoms with Crippen LogP contribution in [0.15, 0.2) is 24.4 Å². The molecule has 1 N–H and O–H groups in total. The Balaban J connectivity index is 1.85. The largest absolute Gasteiger partial charge is 0.368 e. The van der Waals surface area contributed by atoms with Crippen LogP contribution in [0.4, 0.5) is 5.69 Å². The van der Waals surface area contributed by atoms with Gasteiger partial charge in [0.25, 0.3) is 0 Å². The Morgan fingerprint density at radius 1 is 1.10 bits per heavy atom. The molecule has 3 nitrogen and oxygen atoms in total. The van der Waals surface area contributed by atoms with Crippen LogP contribution in [0.1, 0.15) is 38.7 Å². The monoisotopic (exact) mass is 285 g/mol. The number of aromatic nitrogens is 1. The van der Waals surface area contributed by atoms with Crippen molar-refractivity contribution in [2.75, 3.05) is 37.6 Å². The molecule has 0 atom stereocenters. The minimum Gasteiger partial charge on any atom is -0.368 e. The Morgan fingerprint density at radius 3 is 2.52 bits per heavy atom. The summed E-state index contributed by atoms with van der Waals surface area (Å²) in [6, 6.07) is 6.85. The van der Waals surface area contributed by atoms with Crippen molar-refractivity contribution in [2.24, 2.45) is 0 Å². The number of nitrogens with zero attached hydrogens (tertiary/aromatic N) is 2. The lowest BCUT2D eigenvalue weighted by Crippen LogP contribution is -2.46. The van der Waals surface area contributed by atoms with E-state index in [1.54, 1.807) is 0 Å². The summed E-state index contributed by atoms with van der Waals surface area (Å²) in [7, 11) is 0. The second kappa shape index (κ2) is 6.10. The standard InChI is InChI=1S/C18H27N3/c1-4-9-20-10-12-21(13-11-20)17-6-5-15(14(2)3)18-16(17)7-8-19-18/h5-8,14,19H,4,9-13H2,1-3H3. The lowest BCUT2D eigenvalue weighted by atomic mass is 9.99. The Morgan fingerprint density at radius 2 is 1.86 bits per heavy atom. The van der Waals surface area contributed by atoms with Gasteiger partial charge in [0.2, 0.25) is 0 Å². The molecule has 0 radical (unpaired) electrons. The third-order valence-electron chi connectivity index (χ3n) is 4.61. The van der Waals surface area contributed by atoms with Crippen LogP contribution in [0.25, 0.3) is 10.9 Å². The molecule has 0 bridgehead atoms. The zero-order valence-corrected chi connectivity index (χ0v) is 13.5. The van der Waals surface area contributed by atoms with Crippen molar-refractivity contribution in [3.05, 3.63) is 30.0 Å². The molecule has 3 rings (SSSR count). The highest BCUT2D eigenvalue weighted by Gasteiger charge is 2.19. The molecule has 1 aliphatic heterocycles. The van der Waals surface area contributed by atoms with Crippen LogP contribution < -0.4 is 4.90 Å². The second-order valence-electron chi connectivity index (χ2n) is 6.42. The molecular formula is C18H27N3. The number of piperazine rings is 1. The van der Waals surface area contributed by atoms with Gasteiger partial charge in [-0.25, -0.2) is 0 Å². The van der Waals surface area contributed by atoms with Crippen LogP contribution >= 0.6 is 0 Å². The molecule has 1 aliphatic rings. The zero-order valence-electron chi connectivity index (χ0n) is 13.5. The van der Waals surface area contributed by atoms with E-state index in [0.717, 1.165) is 13.1 Å². The summed E-state index contributed by atoms with van der Waals surface area (Å²) in [4.78, 5) is 8.57. The smallest absolute Gasteiger partial charge is 0.0510 e. The maximum atomic E-state index is 3.44. The van der Waals surface area contributed by atoms with Gasteiger partial charge >= 0.3 is 0 Å². The Kier molecular flexibility index (Phi) is 4.20. The second-order valence-corrected chi connectivity index (χ2v) is 6.42. The highest BCUT2D eigenvalue weighted by molar-refractivity contribution is 5.94. The first-order chi connectivity index (χ1) is 10.2. The van der Waals surface area contributed by atoms with Crippen molar-refractivity contribution in [2.45, 2.75) is 33.1 Å². The van der Waals surface area contributed by atoms with Gasteiger partial charge in [0.1, 0.15) is 0 Å². The van der Waals surface area contributed by atoms with Crippen LogP contribution in [0.5, 0.6) is 0 Å². The predicted octanol–water partition coefficient (Wildman–Crippen LogP) is 3.82. The van der Waals surface area contributed by atoms with Gasteiger partial charge in [0.15, 0.2) is 0 Å². The molecule has 2 heterocycles. The molecule has 0 amide bonds. The lowest BCUT2D eigenvalue weighted by molar-refractivity contribution is 0.258. The summed E-state index contributed by atoms with van der Waals surface area (Å²) in [6.07, 6.45) is 3.33. The van der Waals surface area contributed by atoms with E-state index in [1.165, 1.54) is 48.2 Å². The average molecular weight is 285 g/mol. The number of fused-ring (bicyclic) bond motifs is 1. The van der Waals surface area contributed by atoms with Gasteiger partial charge in [-0.2, -0.15) is 0 Å². The van der Waals surface area contributed by atoms with Gasteiger partial charge in [-0.05, 0) is 36.6 Å². The van der Waals surface area contributed by atoms with Gasteiger partial charge in [-0.1, -0.05) is 26.8 Å². The zero-order chi connectivity index (χ0) is 14.8. The Hall–Kier alpha value is -1.48. The van der Waals surface area contributed by atoms with Crippen molar-refractivity contribution < 1.29 is 0 Å². The molecule has 0 aliphatic carbocycles. The molecule has 1 aromatic carbocycles. The molecular weight excluding hydrogens is 258 g/mol. The van der Waals surface area contributed by atoms with E-state index >= 15 is 0 Å². The van der Waals surface area contributed by atoms with Crippen molar-refractivity contribution in [1.29, 1.82) is 0 Å². The molecule has 0 unspecified atom stereocenters. The van der Waals surface area contributed by atoms with E-state index in [-0.39, 0.29) is 0 Å². The lowest BCUT2D eigenvalue weighted by Gasteiger charge is -2.36. The first-order valence-electron chi connectivity index (χ1n) is 8.28. The molecule has 0 saturated carbocycles. The fraction of sp³-hybridized carbons (Fsp3) is 0.556. The minimum absolute atomic E-state index is 0.557. The molecule has 114 valence electrons. The number of hydrogen-bond acceptors (Lipinski definition) is 2. The fourth-order valence-corrected chi connectivity index (χ4v) is 3.45. The predicted molar refractivity (Wildman–Crippen MR) is 91.3 cm³/mol. The number of nitrogens with one attached hydrogen (secondary N) is 1.